The van der Waals surface area contributed by atoms with Gasteiger partial charge >= 0.3 is 0 Å². The Morgan fingerprint density at radius 2 is 1.60 bits per heavy atom. The van der Waals surface area contributed by atoms with Gasteiger partial charge in [-0.3, -0.25) is 0 Å². The lowest BCUT2D eigenvalue weighted by Crippen LogP contribution is -2.23. The number of aryl methyl sites for hydroxylation is 3. The van der Waals surface area contributed by atoms with E-state index in [-0.39, 0.29) is 0 Å². The van der Waals surface area contributed by atoms with E-state index in [9.17, 15) is 0 Å². The van der Waals surface area contributed by atoms with Gasteiger partial charge < -0.3 is 10.1 Å². The Kier molecular flexibility index (Phi) is 7.68. The van der Waals surface area contributed by atoms with Crippen LogP contribution >= 0.6 is 0 Å². The van der Waals surface area contributed by atoms with E-state index in [1.807, 2.05) is 0 Å². The third-order valence-electron chi connectivity index (χ3n) is 3.67. The van der Waals surface area contributed by atoms with Gasteiger partial charge in [0.05, 0.1) is 7.11 Å². The molecule has 0 heterocycles. The molecule has 20 heavy (non-hydrogen) atoms. The van der Waals surface area contributed by atoms with Gasteiger partial charge in [-0.25, -0.2) is 0 Å². The van der Waals surface area contributed by atoms with E-state index in [4.69, 9.17) is 4.74 Å². The van der Waals surface area contributed by atoms with Crippen LogP contribution in [-0.2, 0) is 6.42 Å². The van der Waals surface area contributed by atoms with Crippen LogP contribution in [0, 0.1) is 13.8 Å². The number of ether oxygens (including phenoxy) is 1. The summed E-state index contributed by atoms with van der Waals surface area (Å²) in [4.78, 5) is 0. The van der Waals surface area contributed by atoms with Crippen molar-refractivity contribution in [2.45, 2.75) is 65.8 Å². The van der Waals surface area contributed by atoms with E-state index in [1.54, 1.807) is 7.11 Å². The first-order valence-corrected chi connectivity index (χ1v) is 7.92. The summed E-state index contributed by atoms with van der Waals surface area (Å²) in [5, 5.41) is 3.47. The van der Waals surface area contributed by atoms with Crippen LogP contribution in [0.3, 0.4) is 0 Å². The van der Waals surface area contributed by atoms with E-state index >= 15 is 0 Å². The Balaban J connectivity index is 2.26. The quantitative estimate of drug-likeness (QED) is 0.675. The van der Waals surface area contributed by atoms with Crippen LogP contribution in [0.1, 0.15) is 56.2 Å². The number of unbranched alkanes of at least 4 members (excludes halogenated alkanes) is 3. The van der Waals surface area contributed by atoms with Gasteiger partial charge in [0.25, 0.3) is 0 Å². The number of nitrogens with one attached hydrogen (secondary N) is 1. The molecule has 0 saturated heterocycles. The number of hydrogen-bond donors (Lipinski definition) is 1. The van der Waals surface area contributed by atoms with E-state index in [1.165, 1.54) is 48.8 Å². The zero-order valence-corrected chi connectivity index (χ0v) is 13.9. The standard InChI is InChI=1S/C18H31NO/c1-14(2)19-11-9-7-6-8-10-17-12-15(3)18(20-5)16(4)13-17/h12-14,19H,6-11H2,1-5H3. The molecule has 2 nitrogen and oxygen atoms in total. The summed E-state index contributed by atoms with van der Waals surface area (Å²) >= 11 is 0. The molecule has 0 atom stereocenters. The largest absolute Gasteiger partial charge is 0.496 e. The van der Waals surface area contributed by atoms with Crippen LogP contribution in [0.25, 0.3) is 0 Å². The van der Waals surface area contributed by atoms with Crippen molar-refractivity contribution in [1.29, 1.82) is 0 Å². The Morgan fingerprint density at radius 3 is 2.15 bits per heavy atom. The van der Waals surface area contributed by atoms with Crippen molar-refractivity contribution in [3.63, 3.8) is 0 Å². The zero-order chi connectivity index (χ0) is 15.0. The Morgan fingerprint density at radius 1 is 1.00 bits per heavy atom. The molecule has 0 spiro atoms. The molecule has 0 bridgehead atoms. The maximum Gasteiger partial charge on any atom is 0.124 e. The fraction of sp³-hybridized carbons (Fsp3) is 0.667. The highest BCUT2D eigenvalue weighted by Crippen LogP contribution is 2.25. The summed E-state index contributed by atoms with van der Waals surface area (Å²) < 4.78 is 5.41. The van der Waals surface area contributed by atoms with Crippen molar-refractivity contribution in [2.24, 2.45) is 0 Å². The van der Waals surface area contributed by atoms with E-state index in [2.05, 4.69) is 45.1 Å². The molecule has 0 amide bonds. The van der Waals surface area contributed by atoms with Crippen molar-refractivity contribution in [3.05, 3.63) is 28.8 Å². The lowest BCUT2D eigenvalue weighted by molar-refractivity contribution is 0.408. The van der Waals surface area contributed by atoms with Crippen molar-refractivity contribution in [2.75, 3.05) is 13.7 Å². The summed E-state index contributed by atoms with van der Waals surface area (Å²) in [6, 6.07) is 5.15. The highest BCUT2D eigenvalue weighted by atomic mass is 16.5. The molecule has 0 aromatic heterocycles. The topological polar surface area (TPSA) is 21.3 Å². The maximum absolute atomic E-state index is 5.41. The van der Waals surface area contributed by atoms with Gasteiger partial charge in [0.15, 0.2) is 0 Å². The number of methoxy groups -OCH3 is 1. The van der Waals surface area contributed by atoms with Gasteiger partial charge in [0.2, 0.25) is 0 Å². The molecule has 0 radical (unpaired) electrons. The van der Waals surface area contributed by atoms with Gasteiger partial charge in [0.1, 0.15) is 5.75 Å². The molecule has 1 aromatic carbocycles. The number of hydrogen-bond acceptors (Lipinski definition) is 2. The first-order valence-electron chi connectivity index (χ1n) is 7.92. The zero-order valence-electron chi connectivity index (χ0n) is 13.9. The van der Waals surface area contributed by atoms with Crippen molar-refractivity contribution < 1.29 is 4.74 Å². The maximum atomic E-state index is 5.41. The summed E-state index contributed by atoms with van der Waals surface area (Å²) in [5.74, 6) is 1.04. The van der Waals surface area contributed by atoms with Gasteiger partial charge in [0, 0.05) is 6.04 Å². The first kappa shape index (κ1) is 17.0. The molecule has 114 valence electrons. The minimum atomic E-state index is 0.611. The smallest absolute Gasteiger partial charge is 0.124 e. The molecular weight excluding hydrogens is 246 g/mol. The molecule has 0 aliphatic carbocycles. The van der Waals surface area contributed by atoms with Crippen molar-refractivity contribution in [3.8, 4) is 5.75 Å². The van der Waals surface area contributed by atoms with E-state index < -0.39 is 0 Å². The van der Waals surface area contributed by atoms with Crippen molar-refractivity contribution >= 4 is 0 Å². The summed E-state index contributed by atoms with van der Waals surface area (Å²) in [7, 11) is 1.75. The highest BCUT2D eigenvalue weighted by Gasteiger charge is 2.05. The molecule has 1 rings (SSSR count). The molecule has 0 saturated carbocycles. The van der Waals surface area contributed by atoms with Crippen LogP contribution in [-0.4, -0.2) is 19.7 Å². The lowest BCUT2D eigenvalue weighted by Gasteiger charge is -2.11. The average Bonchev–Trinajstić information content (AvgIpc) is 2.37. The normalized spacial score (nSPS) is 11.1. The summed E-state index contributed by atoms with van der Waals surface area (Å²) in [6.45, 7) is 9.82. The molecule has 0 aliphatic rings. The highest BCUT2D eigenvalue weighted by molar-refractivity contribution is 5.43. The van der Waals surface area contributed by atoms with Crippen LogP contribution in [0.4, 0.5) is 0 Å². The van der Waals surface area contributed by atoms with Crippen LogP contribution in [0.2, 0.25) is 0 Å². The fourth-order valence-corrected chi connectivity index (χ4v) is 2.70. The lowest BCUT2D eigenvalue weighted by atomic mass is 10.0. The minimum Gasteiger partial charge on any atom is -0.496 e. The third-order valence-corrected chi connectivity index (χ3v) is 3.67. The second-order valence-electron chi connectivity index (χ2n) is 6.04. The summed E-state index contributed by atoms with van der Waals surface area (Å²) in [6.07, 6.45) is 6.41. The average molecular weight is 277 g/mol. The molecule has 0 fully saturated rings. The molecule has 1 N–H and O–H groups in total. The Hall–Kier alpha value is -1.02. The Labute approximate surface area is 124 Å². The molecule has 2 heteroatoms. The Bertz CT molecular complexity index is 375. The predicted molar refractivity (Wildman–Crippen MR) is 87.8 cm³/mol. The van der Waals surface area contributed by atoms with E-state index in [0.717, 1.165) is 12.3 Å². The van der Waals surface area contributed by atoms with Gasteiger partial charge in [-0.2, -0.15) is 0 Å². The number of rotatable bonds is 9. The van der Waals surface area contributed by atoms with Crippen LogP contribution in [0.15, 0.2) is 12.1 Å². The fourth-order valence-electron chi connectivity index (χ4n) is 2.70. The van der Waals surface area contributed by atoms with Gasteiger partial charge in [-0.15, -0.1) is 0 Å². The predicted octanol–water partition coefficient (Wildman–Crippen LogP) is 4.41. The third kappa shape index (κ3) is 5.96. The molecule has 0 aliphatic heterocycles. The minimum absolute atomic E-state index is 0.611. The number of benzene rings is 1. The van der Waals surface area contributed by atoms with Crippen molar-refractivity contribution in [1.82, 2.24) is 5.32 Å². The second kappa shape index (κ2) is 9.02. The van der Waals surface area contributed by atoms with Crippen LogP contribution < -0.4 is 10.1 Å². The summed E-state index contributed by atoms with van der Waals surface area (Å²) in [5.41, 5.74) is 3.95. The van der Waals surface area contributed by atoms with Crippen LogP contribution in [0.5, 0.6) is 5.75 Å². The monoisotopic (exact) mass is 277 g/mol. The second-order valence-corrected chi connectivity index (χ2v) is 6.04. The molecule has 0 unspecified atom stereocenters. The van der Waals surface area contributed by atoms with E-state index in [0.29, 0.717) is 6.04 Å². The van der Waals surface area contributed by atoms with Gasteiger partial charge in [-0.1, -0.05) is 38.8 Å². The molecule has 1 aromatic rings. The SMILES string of the molecule is COc1c(C)cc(CCCCCCNC(C)C)cc1C. The first-order chi connectivity index (χ1) is 9.54. The van der Waals surface area contributed by atoms with Gasteiger partial charge in [-0.05, 0) is 56.3 Å². The molecular formula is C18H31NO.